The summed E-state index contributed by atoms with van der Waals surface area (Å²) in [6.45, 7) is 2.51. The first-order chi connectivity index (χ1) is 12.0. The van der Waals surface area contributed by atoms with E-state index in [0.717, 1.165) is 5.56 Å². The van der Waals surface area contributed by atoms with Gasteiger partial charge in [0.05, 0.1) is 16.6 Å². The van der Waals surface area contributed by atoms with Crippen molar-refractivity contribution in [2.24, 2.45) is 0 Å². The second-order valence-electron chi connectivity index (χ2n) is 4.91. The quantitative estimate of drug-likeness (QED) is 0.471. The fourth-order valence-electron chi connectivity index (χ4n) is 2.02. The fraction of sp³-hybridized carbons (Fsp3) is 0.211. The van der Waals surface area contributed by atoms with Crippen molar-refractivity contribution >= 4 is 33.5 Å². The molecule has 0 aromatic heterocycles. The van der Waals surface area contributed by atoms with Crippen LogP contribution in [0.1, 0.15) is 22.8 Å². The molecule has 4 nitrogen and oxygen atoms in total. The molecule has 0 unspecified atom stereocenters. The van der Waals surface area contributed by atoms with Crippen LogP contribution in [-0.4, -0.2) is 19.2 Å². The zero-order chi connectivity index (χ0) is 18.2. The molecule has 2 rings (SSSR count). The molecule has 0 aliphatic rings. The Bertz CT molecular complexity index is 781. The summed E-state index contributed by atoms with van der Waals surface area (Å²) in [4.78, 5) is 12.0. The predicted octanol–water partition coefficient (Wildman–Crippen LogP) is 4.87. The second kappa shape index (κ2) is 9.36. The largest absolute Gasteiger partial charge is 0.490 e. The number of hydrogen-bond donors (Lipinski definition) is 0. The number of benzene rings is 2. The summed E-state index contributed by atoms with van der Waals surface area (Å²) in [7, 11) is 0. The molecular weight excluding hydrogens is 408 g/mol. The first kappa shape index (κ1) is 19.2. The van der Waals surface area contributed by atoms with E-state index in [1.165, 1.54) is 0 Å². The van der Waals surface area contributed by atoms with Crippen LogP contribution >= 0.6 is 27.5 Å². The smallest absolute Gasteiger partial charge is 0.339 e. The predicted molar refractivity (Wildman–Crippen MR) is 100 cm³/mol. The second-order valence-corrected chi connectivity index (χ2v) is 6.20. The fourth-order valence-corrected chi connectivity index (χ4v) is 2.70. The zero-order valence-corrected chi connectivity index (χ0v) is 15.9. The molecule has 0 amide bonds. The molecule has 0 aliphatic heterocycles. The minimum Gasteiger partial charge on any atom is -0.490 e. The van der Waals surface area contributed by atoms with Crippen LogP contribution in [0.25, 0.3) is 0 Å². The third-order valence-corrected chi connectivity index (χ3v) is 3.97. The molecule has 0 bridgehead atoms. The number of rotatable bonds is 7. The molecule has 0 radical (unpaired) electrons. The Kier molecular flexibility index (Phi) is 7.17. The molecule has 25 heavy (non-hydrogen) atoms. The zero-order valence-electron chi connectivity index (χ0n) is 13.6. The summed E-state index contributed by atoms with van der Waals surface area (Å²) in [6.07, 6.45) is 5.10. The minimum atomic E-state index is -0.524. The molecule has 0 saturated heterocycles. The van der Waals surface area contributed by atoms with Crippen LogP contribution in [0.3, 0.4) is 0 Å². The van der Waals surface area contributed by atoms with Gasteiger partial charge >= 0.3 is 5.97 Å². The van der Waals surface area contributed by atoms with Crippen molar-refractivity contribution < 1.29 is 19.0 Å². The first-order valence-electron chi connectivity index (χ1n) is 7.49. The average molecular weight is 424 g/mol. The highest BCUT2D eigenvalue weighted by Crippen LogP contribution is 2.37. The maximum Gasteiger partial charge on any atom is 0.339 e. The molecule has 2 aromatic carbocycles. The molecule has 2 aromatic rings. The lowest BCUT2D eigenvalue weighted by molar-refractivity contribution is 0.0556. The average Bonchev–Trinajstić information content (AvgIpc) is 2.60. The summed E-state index contributed by atoms with van der Waals surface area (Å²) < 4.78 is 17.0. The standard InChI is InChI=1S/C19H16BrClO4/c1-3-9-24-19(22)14-10-16(20)18(17(11-14)23-4-2)25-12-13-5-7-15(21)8-6-13/h1,5-8,10-11H,4,9,12H2,2H3. The number of terminal acetylenes is 1. The van der Waals surface area contributed by atoms with Gasteiger partial charge in [-0.1, -0.05) is 29.7 Å². The molecule has 0 heterocycles. The number of esters is 1. The first-order valence-corrected chi connectivity index (χ1v) is 8.66. The van der Waals surface area contributed by atoms with E-state index in [0.29, 0.717) is 39.8 Å². The van der Waals surface area contributed by atoms with Crippen LogP contribution in [0, 0.1) is 12.3 Å². The Morgan fingerprint density at radius 2 is 1.96 bits per heavy atom. The number of ether oxygens (including phenoxy) is 3. The van der Waals surface area contributed by atoms with Crippen LogP contribution in [-0.2, 0) is 11.3 Å². The third kappa shape index (κ3) is 5.42. The summed E-state index contributed by atoms with van der Waals surface area (Å²) in [5.41, 5.74) is 1.28. The van der Waals surface area contributed by atoms with E-state index in [2.05, 4.69) is 21.9 Å². The molecule has 130 valence electrons. The summed E-state index contributed by atoms with van der Waals surface area (Å²) in [6, 6.07) is 10.5. The Labute approximate surface area is 160 Å². The van der Waals surface area contributed by atoms with Gasteiger partial charge in [-0.2, -0.15) is 0 Å². The highest BCUT2D eigenvalue weighted by atomic mass is 79.9. The molecular formula is C19H16BrClO4. The Hall–Kier alpha value is -2.16. The lowest BCUT2D eigenvalue weighted by Crippen LogP contribution is -2.07. The van der Waals surface area contributed by atoms with Crippen LogP contribution in [0.2, 0.25) is 5.02 Å². The van der Waals surface area contributed by atoms with E-state index in [4.69, 9.17) is 32.2 Å². The Morgan fingerprint density at radius 1 is 1.24 bits per heavy atom. The molecule has 0 atom stereocenters. The number of halogens is 2. The van der Waals surface area contributed by atoms with Gasteiger partial charge in [-0.25, -0.2) is 4.79 Å². The highest BCUT2D eigenvalue weighted by Gasteiger charge is 2.17. The van der Waals surface area contributed by atoms with E-state index in [1.807, 2.05) is 19.1 Å². The van der Waals surface area contributed by atoms with Gasteiger partial charge in [-0.05, 0) is 52.7 Å². The summed E-state index contributed by atoms with van der Waals surface area (Å²) >= 11 is 9.29. The van der Waals surface area contributed by atoms with Crippen LogP contribution in [0.5, 0.6) is 11.5 Å². The maximum absolute atomic E-state index is 12.0. The summed E-state index contributed by atoms with van der Waals surface area (Å²) in [5.74, 6) is 2.68. The van der Waals surface area contributed by atoms with Gasteiger partial charge in [-0.3, -0.25) is 0 Å². The van der Waals surface area contributed by atoms with Gasteiger partial charge < -0.3 is 14.2 Å². The number of carbonyl (C=O) groups excluding carboxylic acids is 1. The maximum atomic E-state index is 12.0. The Morgan fingerprint density at radius 3 is 2.60 bits per heavy atom. The van der Waals surface area contributed by atoms with Gasteiger partial charge in [0.2, 0.25) is 0 Å². The van der Waals surface area contributed by atoms with Crippen LogP contribution < -0.4 is 9.47 Å². The van der Waals surface area contributed by atoms with E-state index < -0.39 is 5.97 Å². The minimum absolute atomic E-state index is 0.0881. The van der Waals surface area contributed by atoms with Crippen molar-refractivity contribution in [2.45, 2.75) is 13.5 Å². The number of carbonyl (C=O) groups is 1. The molecule has 6 heteroatoms. The van der Waals surface area contributed by atoms with Crippen LogP contribution in [0.15, 0.2) is 40.9 Å². The molecule has 0 N–H and O–H groups in total. The molecule has 0 saturated carbocycles. The monoisotopic (exact) mass is 422 g/mol. The normalized spacial score (nSPS) is 10.0. The SMILES string of the molecule is C#CCOC(=O)c1cc(Br)c(OCc2ccc(Cl)cc2)c(OCC)c1. The van der Waals surface area contributed by atoms with Gasteiger partial charge in [0.25, 0.3) is 0 Å². The highest BCUT2D eigenvalue weighted by molar-refractivity contribution is 9.10. The number of hydrogen-bond acceptors (Lipinski definition) is 4. The van der Waals surface area contributed by atoms with Crippen molar-refractivity contribution in [2.75, 3.05) is 13.2 Å². The molecule has 0 spiro atoms. The van der Waals surface area contributed by atoms with Crippen LogP contribution in [0.4, 0.5) is 0 Å². The van der Waals surface area contributed by atoms with E-state index in [-0.39, 0.29) is 6.61 Å². The molecule has 0 aliphatic carbocycles. The van der Waals surface area contributed by atoms with Gasteiger partial charge in [-0.15, -0.1) is 6.42 Å². The lowest BCUT2D eigenvalue weighted by Gasteiger charge is -2.15. The van der Waals surface area contributed by atoms with Gasteiger partial charge in [0.15, 0.2) is 18.1 Å². The van der Waals surface area contributed by atoms with Crippen molar-refractivity contribution in [3.63, 3.8) is 0 Å². The summed E-state index contributed by atoms with van der Waals surface area (Å²) in [5, 5.41) is 0.662. The van der Waals surface area contributed by atoms with Gasteiger partial charge in [0, 0.05) is 5.02 Å². The Balaban J connectivity index is 2.22. The molecule has 0 fully saturated rings. The van der Waals surface area contributed by atoms with E-state index >= 15 is 0 Å². The third-order valence-electron chi connectivity index (χ3n) is 3.13. The van der Waals surface area contributed by atoms with Crippen molar-refractivity contribution in [1.29, 1.82) is 0 Å². The van der Waals surface area contributed by atoms with Crippen molar-refractivity contribution in [3.8, 4) is 23.8 Å². The van der Waals surface area contributed by atoms with E-state index in [1.54, 1.807) is 24.3 Å². The lowest BCUT2D eigenvalue weighted by atomic mass is 10.2. The van der Waals surface area contributed by atoms with Crippen molar-refractivity contribution in [1.82, 2.24) is 0 Å². The topological polar surface area (TPSA) is 44.8 Å². The van der Waals surface area contributed by atoms with Gasteiger partial charge in [0.1, 0.15) is 6.61 Å². The van der Waals surface area contributed by atoms with Crippen molar-refractivity contribution in [3.05, 3.63) is 57.0 Å². The van der Waals surface area contributed by atoms with E-state index in [9.17, 15) is 4.79 Å².